The highest BCUT2D eigenvalue weighted by atomic mass is 15.3. The van der Waals surface area contributed by atoms with E-state index in [4.69, 9.17) is 11.6 Å². The zero-order valence-corrected chi connectivity index (χ0v) is 9.96. The van der Waals surface area contributed by atoms with Gasteiger partial charge in [0.1, 0.15) is 17.8 Å². The molecule has 5 heteroatoms. The van der Waals surface area contributed by atoms with Crippen LogP contribution in [0.4, 0.5) is 5.82 Å². The minimum Gasteiger partial charge on any atom is -0.382 e. The number of aryl methyl sites for hydroxylation is 1. The molecule has 0 saturated carbocycles. The van der Waals surface area contributed by atoms with Crippen molar-refractivity contribution in [3.63, 3.8) is 0 Å². The van der Waals surface area contributed by atoms with Crippen molar-refractivity contribution in [3.8, 4) is 11.3 Å². The summed E-state index contributed by atoms with van der Waals surface area (Å²) in [6.45, 7) is 1.97. The third-order valence-corrected chi connectivity index (χ3v) is 2.93. The summed E-state index contributed by atoms with van der Waals surface area (Å²) in [5, 5.41) is 1.06. The Hall–Kier alpha value is -2.56. The third-order valence-electron chi connectivity index (χ3n) is 2.93. The van der Waals surface area contributed by atoms with Gasteiger partial charge in [-0.25, -0.2) is 9.66 Å². The largest absolute Gasteiger partial charge is 0.382 e. The van der Waals surface area contributed by atoms with E-state index >= 15 is 0 Å². The van der Waals surface area contributed by atoms with Gasteiger partial charge in [0, 0.05) is 16.6 Å². The normalized spacial score (nSPS) is 10.9. The third kappa shape index (κ3) is 1.57. The highest BCUT2D eigenvalue weighted by Gasteiger charge is 2.09. The molecule has 3 aromatic rings. The molecule has 0 amide bonds. The molecule has 0 bridgehead atoms. The topological polar surface area (TPSA) is 82.8 Å². The number of hydrogen-bond donors (Lipinski definition) is 2. The molecule has 1 aromatic carbocycles. The first kappa shape index (κ1) is 10.6. The Balaban J connectivity index is 2.19. The summed E-state index contributed by atoms with van der Waals surface area (Å²) in [5.41, 5.74) is 9.46. The van der Waals surface area contributed by atoms with E-state index in [0.717, 1.165) is 22.2 Å². The number of hydrogen-bond acceptors (Lipinski definition) is 4. The van der Waals surface area contributed by atoms with Gasteiger partial charge in [-0.15, -0.1) is 0 Å². The van der Waals surface area contributed by atoms with Crippen molar-refractivity contribution in [2.75, 3.05) is 11.6 Å². The monoisotopic (exact) mass is 239 g/mol. The Morgan fingerprint density at radius 3 is 2.72 bits per heavy atom. The minimum absolute atomic E-state index is 0.453. The molecule has 90 valence electrons. The van der Waals surface area contributed by atoms with Gasteiger partial charge < -0.3 is 11.6 Å². The van der Waals surface area contributed by atoms with Crippen LogP contribution in [0, 0.1) is 6.92 Å². The molecule has 5 nitrogen and oxygen atoms in total. The zero-order valence-electron chi connectivity index (χ0n) is 9.96. The van der Waals surface area contributed by atoms with Crippen molar-refractivity contribution in [3.05, 3.63) is 42.4 Å². The average Bonchev–Trinajstić information content (AvgIpc) is 2.69. The number of anilines is 1. The van der Waals surface area contributed by atoms with E-state index in [1.165, 1.54) is 11.0 Å². The SMILES string of the molecule is Cc1ccc2cc(-c3ncn(N)c3N)ccc2n1. The van der Waals surface area contributed by atoms with E-state index in [0.29, 0.717) is 11.5 Å². The van der Waals surface area contributed by atoms with Crippen LogP contribution < -0.4 is 11.6 Å². The smallest absolute Gasteiger partial charge is 0.150 e. The Morgan fingerprint density at radius 1 is 1.17 bits per heavy atom. The lowest BCUT2D eigenvalue weighted by molar-refractivity contribution is 1.01. The van der Waals surface area contributed by atoms with Gasteiger partial charge in [0.15, 0.2) is 0 Å². The first-order valence-corrected chi connectivity index (χ1v) is 5.61. The zero-order chi connectivity index (χ0) is 12.7. The lowest BCUT2D eigenvalue weighted by Gasteiger charge is -2.03. The first-order chi connectivity index (χ1) is 8.65. The molecule has 0 aliphatic heterocycles. The number of fused-ring (bicyclic) bond motifs is 1. The summed E-state index contributed by atoms with van der Waals surface area (Å²) in [4.78, 5) is 8.66. The molecule has 0 atom stereocenters. The Kier molecular flexibility index (Phi) is 2.19. The van der Waals surface area contributed by atoms with Gasteiger partial charge in [0.05, 0.1) is 5.52 Å². The van der Waals surface area contributed by atoms with E-state index in [1.807, 2.05) is 37.3 Å². The Bertz CT molecular complexity index is 729. The van der Waals surface area contributed by atoms with Crippen LogP contribution in [-0.4, -0.2) is 14.6 Å². The summed E-state index contributed by atoms with van der Waals surface area (Å²) in [5.74, 6) is 6.08. The lowest BCUT2D eigenvalue weighted by Crippen LogP contribution is -2.09. The number of aromatic nitrogens is 3. The molecule has 0 aliphatic rings. The van der Waals surface area contributed by atoms with Crippen molar-refractivity contribution in [1.29, 1.82) is 0 Å². The van der Waals surface area contributed by atoms with Gasteiger partial charge in [-0.05, 0) is 25.1 Å². The molecule has 0 spiro atoms. The molecule has 3 rings (SSSR count). The van der Waals surface area contributed by atoms with Gasteiger partial charge in [-0.1, -0.05) is 12.1 Å². The van der Waals surface area contributed by atoms with E-state index in [-0.39, 0.29) is 0 Å². The molecule has 0 radical (unpaired) electrons. The fraction of sp³-hybridized carbons (Fsp3) is 0.0769. The molecule has 4 N–H and O–H groups in total. The van der Waals surface area contributed by atoms with Gasteiger partial charge in [0.25, 0.3) is 0 Å². The molecule has 2 aromatic heterocycles. The van der Waals surface area contributed by atoms with Crippen LogP contribution in [0.1, 0.15) is 5.69 Å². The number of rotatable bonds is 1. The van der Waals surface area contributed by atoms with Crippen molar-refractivity contribution >= 4 is 16.7 Å². The Morgan fingerprint density at radius 2 is 2.00 bits per heavy atom. The van der Waals surface area contributed by atoms with Crippen molar-refractivity contribution < 1.29 is 0 Å². The molecule has 18 heavy (non-hydrogen) atoms. The number of benzene rings is 1. The maximum atomic E-state index is 5.86. The summed E-state index contributed by atoms with van der Waals surface area (Å²) in [6.07, 6.45) is 1.50. The summed E-state index contributed by atoms with van der Waals surface area (Å²) < 4.78 is 1.31. The summed E-state index contributed by atoms with van der Waals surface area (Å²) >= 11 is 0. The van der Waals surface area contributed by atoms with Crippen LogP contribution in [0.5, 0.6) is 0 Å². The maximum Gasteiger partial charge on any atom is 0.150 e. The molecule has 2 heterocycles. The first-order valence-electron chi connectivity index (χ1n) is 5.61. The average molecular weight is 239 g/mol. The standard InChI is InChI=1S/C13H13N5/c1-8-2-3-9-6-10(4-5-11(9)17-8)12-13(14)18(15)7-16-12/h2-7H,14-15H2,1H3. The number of nitrogens with zero attached hydrogens (tertiary/aromatic N) is 3. The van der Waals surface area contributed by atoms with Gasteiger partial charge in [-0.3, -0.25) is 4.98 Å². The number of nitrogens with two attached hydrogens (primary N) is 2. The quantitative estimate of drug-likeness (QED) is 0.633. The van der Waals surface area contributed by atoms with E-state index in [9.17, 15) is 0 Å². The van der Waals surface area contributed by atoms with E-state index in [2.05, 4.69) is 9.97 Å². The predicted octanol–water partition coefficient (Wildman–Crippen LogP) is 1.70. The molecule has 0 fully saturated rings. The molecule has 0 aliphatic carbocycles. The lowest BCUT2D eigenvalue weighted by atomic mass is 10.1. The highest BCUT2D eigenvalue weighted by Crippen LogP contribution is 2.26. The van der Waals surface area contributed by atoms with Crippen LogP contribution in [0.15, 0.2) is 36.7 Å². The van der Waals surface area contributed by atoms with Crippen LogP contribution >= 0.6 is 0 Å². The number of pyridine rings is 1. The summed E-state index contributed by atoms with van der Waals surface area (Å²) in [7, 11) is 0. The van der Waals surface area contributed by atoms with E-state index < -0.39 is 0 Å². The van der Waals surface area contributed by atoms with Crippen LogP contribution in [0.2, 0.25) is 0 Å². The van der Waals surface area contributed by atoms with Crippen molar-refractivity contribution in [2.45, 2.75) is 6.92 Å². The second-order valence-corrected chi connectivity index (χ2v) is 4.25. The fourth-order valence-corrected chi connectivity index (χ4v) is 1.97. The van der Waals surface area contributed by atoms with Gasteiger partial charge >= 0.3 is 0 Å². The highest BCUT2D eigenvalue weighted by molar-refractivity contribution is 5.85. The Labute approximate surface area is 104 Å². The fourth-order valence-electron chi connectivity index (χ4n) is 1.97. The van der Waals surface area contributed by atoms with Crippen molar-refractivity contribution in [1.82, 2.24) is 14.6 Å². The van der Waals surface area contributed by atoms with Crippen LogP contribution in [0.25, 0.3) is 22.2 Å². The number of imidazole rings is 1. The molecule has 0 saturated heterocycles. The predicted molar refractivity (Wildman–Crippen MR) is 72.3 cm³/mol. The summed E-state index contributed by atoms with van der Waals surface area (Å²) in [6, 6.07) is 9.95. The minimum atomic E-state index is 0.453. The van der Waals surface area contributed by atoms with Crippen LogP contribution in [-0.2, 0) is 0 Å². The second kappa shape index (κ2) is 3.73. The maximum absolute atomic E-state index is 5.86. The van der Waals surface area contributed by atoms with Gasteiger partial charge in [-0.2, -0.15) is 0 Å². The van der Waals surface area contributed by atoms with E-state index in [1.54, 1.807) is 0 Å². The van der Waals surface area contributed by atoms with Crippen LogP contribution in [0.3, 0.4) is 0 Å². The molecular weight excluding hydrogens is 226 g/mol. The number of nitrogen functional groups attached to an aromatic ring is 2. The molecular formula is C13H13N5. The van der Waals surface area contributed by atoms with Gasteiger partial charge in [0.2, 0.25) is 0 Å². The second-order valence-electron chi connectivity index (χ2n) is 4.25. The van der Waals surface area contributed by atoms with Crippen molar-refractivity contribution in [2.24, 2.45) is 0 Å². The molecule has 0 unspecified atom stereocenters.